The summed E-state index contributed by atoms with van der Waals surface area (Å²) in [5, 5.41) is 8.52. The molecule has 0 fully saturated rings. The fraction of sp³-hybridized carbons (Fsp3) is 0. The smallest absolute Gasteiger partial charge is 0 e. The maximum Gasteiger partial charge on any atom is 0 e. The minimum atomic E-state index is 0. The third kappa shape index (κ3) is 2.75. The second-order valence-electron chi connectivity index (χ2n) is 1.68. The largest absolute Gasteiger partial charge is 0.429 e. The first-order valence-electron chi connectivity index (χ1n) is 2.56. The molecule has 0 aliphatic carbocycles. The van der Waals surface area contributed by atoms with Crippen LogP contribution in [0.2, 0.25) is 0 Å². The van der Waals surface area contributed by atoms with Gasteiger partial charge in [-0.2, -0.15) is 11.6 Å². The molecule has 0 aliphatic heterocycles. The van der Waals surface area contributed by atoms with E-state index in [1.807, 2.05) is 24.3 Å². The Kier molecular flexibility index (Phi) is 4.81. The quantitative estimate of drug-likeness (QED) is 0.752. The number of hydrogen-bond acceptors (Lipinski definition) is 1. The standard InChI is InChI=1S/C7H6BrO.Co/c8-7-3-1-2-6(4-7)5-9;/h1-5,9H;/q-1;. The second-order valence-corrected chi connectivity index (χ2v) is 2.60. The van der Waals surface area contributed by atoms with Gasteiger partial charge in [-0.25, -0.2) is 0 Å². The van der Waals surface area contributed by atoms with Crippen LogP contribution in [0.5, 0.6) is 0 Å². The summed E-state index contributed by atoms with van der Waals surface area (Å²) in [7, 11) is 0. The van der Waals surface area contributed by atoms with E-state index in [1.54, 1.807) is 0 Å². The topological polar surface area (TPSA) is 20.2 Å². The molecule has 1 nitrogen and oxygen atoms in total. The Bertz CT molecular complexity index is 203. The van der Waals surface area contributed by atoms with Crippen molar-refractivity contribution in [3.8, 4) is 0 Å². The van der Waals surface area contributed by atoms with Crippen LogP contribution in [0.15, 0.2) is 28.7 Å². The summed E-state index contributed by atoms with van der Waals surface area (Å²) in [6.07, 6.45) is 0. The van der Waals surface area contributed by atoms with Gasteiger partial charge in [0.15, 0.2) is 0 Å². The molecule has 0 unspecified atom stereocenters. The normalized spacial score (nSPS) is 8.20. The molecule has 0 atom stereocenters. The molecule has 0 saturated heterocycles. The van der Waals surface area contributed by atoms with Gasteiger partial charge >= 0.3 is 0 Å². The van der Waals surface area contributed by atoms with E-state index in [1.165, 1.54) is 0 Å². The Hall–Kier alpha value is 0.0365. The van der Waals surface area contributed by atoms with Crippen molar-refractivity contribution < 1.29 is 21.9 Å². The van der Waals surface area contributed by atoms with Crippen molar-refractivity contribution in [3.63, 3.8) is 0 Å². The third-order valence-electron chi connectivity index (χ3n) is 0.998. The molecule has 57 valence electrons. The number of aliphatic hydroxyl groups is 1. The molecular formula is C7H6BrCoO-. The summed E-state index contributed by atoms with van der Waals surface area (Å²) in [4.78, 5) is 0. The van der Waals surface area contributed by atoms with Gasteiger partial charge in [0.05, 0.1) is 0 Å². The predicted molar refractivity (Wildman–Crippen MR) is 39.5 cm³/mol. The van der Waals surface area contributed by atoms with Crippen molar-refractivity contribution in [2.75, 3.05) is 0 Å². The number of halogens is 1. The Morgan fingerprint density at radius 3 is 2.50 bits per heavy atom. The first-order chi connectivity index (χ1) is 4.33. The fourth-order valence-corrected chi connectivity index (χ4v) is 1.00. The molecule has 1 N–H and O–H groups in total. The van der Waals surface area contributed by atoms with Gasteiger partial charge in [0, 0.05) is 16.8 Å². The number of hydrogen-bond donors (Lipinski definition) is 1. The van der Waals surface area contributed by atoms with Gasteiger partial charge in [-0.15, -0.1) is 12.1 Å². The van der Waals surface area contributed by atoms with Crippen LogP contribution < -0.4 is 0 Å². The van der Waals surface area contributed by atoms with Gasteiger partial charge in [-0.1, -0.05) is 28.6 Å². The van der Waals surface area contributed by atoms with Crippen molar-refractivity contribution in [2.45, 2.75) is 0 Å². The second kappa shape index (κ2) is 4.79. The van der Waals surface area contributed by atoms with Crippen LogP contribution in [0, 0.1) is 6.61 Å². The molecule has 0 amide bonds. The Balaban J connectivity index is 0.000000810. The van der Waals surface area contributed by atoms with Gasteiger partial charge in [-0.3, -0.25) is 0 Å². The van der Waals surface area contributed by atoms with E-state index >= 15 is 0 Å². The Labute approximate surface area is 78.8 Å². The molecular weight excluding hydrogens is 239 g/mol. The fourth-order valence-electron chi connectivity index (χ4n) is 0.587. The molecule has 1 aromatic carbocycles. The Morgan fingerprint density at radius 1 is 1.40 bits per heavy atom. The van der Waals surface area contributed by atoms with Gasteiger partial charge in [0.2, 0.25) is 0 Å². The van der Waals surface area contributed by atoms with E-state index in [0.29, 0.717) is 0 Å². The zero-order chi connectivity index (χ0) is 6.69. The van der Waals surface area contributed by atoms with Crippen molar-refractivity contribution in [3.05, 3.63) is 40.9 Å². The number of benzene rings is 1. The first-order valence-corrected chi connectivity index (χ1v) is 3.35. The predicted octanol–water partition coefficient (Wildman–Crippen LogP) is 2.33. The summed E-state index contributed by atoms with van der Waals surface area (Å²) < 4.78 is 0.977. The van der Waals surface area contributed by atoms with Crippen molar-refractivity contribution in [2.24, 2.45) is 0 Å². The summed E-state index contributed by atoms with van der Waals surface area (Å²) in [5.41, 5.74) is 0.810. The third-order valence-corrected chi connectivity index (χ3v) is 1.49. The molecule has 0 spiro atoms. The minimum Gasteiger partial charge on any atom is -0.429 e. The van der Waals surface area contributed by atoms with Gasteiger partial charge in [0.25, 0.3) is 0 Å². The average Bonchev–Trinajstić information content (AvgIpc) is 1.88. The Morgan fingerprint density at radius 2 is 2.10 bits per heavy atom. The van der Waals surface area contributed by atoms with E-state index in [0.717, 1.165) is 16.6 Å². The van der Waals surface area contributed by atoms with Crippen LogP contribution in [0.25, 0.3) is 0 Å². The SMILES string of the molecule is O[CH-]c1cccc(Br)c1.[Co]. The van der Waals surface area contributed by atoms with Gasteiger partial charge < -0.3 is 5.11 Å². The summed E-state index contributed by atoms with van der Waals surface area (Å²) in [5.74, 6) is 0. The molecule has 0 bridgehead atoms. The van der Waals surface area contributed by atoms with Crippen LogP contribution in [-0.2, 0) is 16.8 Å². The molecule has 0 aromatic heterocycles. The van der Waals surface area contributed by atoms with Gasteiger partial charge in [0.1, 0.15) is 0 Å². The van der Waals surface area contributed by atoms with E-state index in [9.17, 15) is 0 Å². The van der Waals surface area contributed by atoms with Crippen LogP contribution in [0.3, 0.4) is 0 Å². The van der Waals surface area contributed by atoms with Crippen molar-refractivity contribution in [1.82, 2.24) is 0 Å². The van der Waals surface area contributed by atoms with Crippen LogP contribution in [0.4, 0.5) is 0 Å². The number of aliphatic hydroxyl groups excluding tert-OH is 1. The van der Waals surface area contributed by atoms with Crippen LogP contribution in [-0.4, -0.2) is 5.11 Å². The maximum atomic E-state index is 8.52. The minimum absolute atomic E-state index is 0. The van der Waals surface area contributed by atoms with E-state index in [2.05, 4.69) is 15.9 Å². The van der Waals surface area contributed by atoms with Crippen LogP contribution in [0.1, 0.15) is 5.56 Å². The van der Waals surface area contributed by atoms with E-state index in [-0.39, 0.29) is 16.8 Å². The summed E-state index contributed by atoms with van der Waals surface area (Å²) >= 11 is 3.27. The van der Waals surface area contributed by atoms with E-state index < -0.39 is 0 Å². The molecule has 3 heteroatoms. The molecule has 10 heavy (non-hydrogen) atoms. The zero-order valence-electron chi connectivity index (χ0n) is 5.05. The van der Waals surface area contributed by atoms with Crippen LogP contribution >= 0.6 is 15.9 Å². The van der Waals surface area contributed by atoms with Crippen molar-refractivity contribution >= 4 is 15.9 Å². The summed E-state index contributed by atoms with van der Waals surface area (Å²) in [6.45, 7) is 1.07. The molecule has 1 rings (SSSR count). The molecule has 1 radical (unpaired) electrons. The zero-order valence-corrected chi connectivity index (χ0v) is 7.67. The first kappa shape index (κ1) is 10.0. The monoisotopic (exact) mass is 244 g/mol. The number of rotatable bonds is 1. The molecule has 0 aliphatic rings. The van der Waals surface area contributed by atoms with Crippen molar-refractivity contribution in [1.29, 1.82) is 0 Å². The summed E-state index contributed by atoms with van der Waals surface area (Å²) in [6, 6.07) is 7.43. The molecule has 1 aromatic rings. The van der Waals surface area contributed by atoms with E-state index in [4.69, 9.17) is 5.11 Å². The average molecular weight is 245 g/mol. The molecule has 0 heterocycles. The maximum absolute atomic E-state index is 8.52. The molecule has 0 saturated carbocycles. The van der Waals surface area contributed by atoms with Gasteiger partial charge in [-0.05, 0) is 4.47 Å².